The van der Waals surface area contributed by atoms with E-state index >= 15 is 0 Å². The van der Waals surface area contributed by atoms with Gasteiger partial charge in [-0.3, -0.25) is 0 Å². The second-order valence-corrected chi connectivity index (χ2v) is 5.10. The van der Waals surface area contributed by atoms with Crippen molar-refractivity contribution in [3.05, 3.63) is 28.8 Å². The van der Waals surface area contributed by atoms with Crippen molar-refractivity contribution in [2.75, 3.05) is 44.7 Å². The highest BCUT2D eigenvalue weighted by atomic mass is 35.5. The Morgan fingerprint density at radius 3 is 2.61 bits per heavy atom. The van der Waals surface area contributed by atoms with Gasteiger partial charge in [-0.05, 0) is 31.2 Å². The minimum Gasteiger partial charge on any atom is -0.368 e. The van der Waals surface area contributed by atoms with Gasteiger partial charge in [0.15, 0.2) is 0 Å². The van der Waals surface area contributed by atoms with E-state index in [1.54, 1.807) is 0 Å². The molecule has 1 fully saturated rings. The molecular weight excluding hydrogens is 250 g/mol. The Morgan fingerprint density at radius 1 is 1.28 bits per heavy atom. The lowest BCUT2D eigenvalue weighted by atomic mass is 10.1. The summed E-state index contributed by atoms with van der Waals surface area (Å²) in [4.78, 5) is 9.25. The number of benzene rings is 1. The quantitative estimate of drug-likeness (QED) is 0.842. The van der Waals surface area contributed by atoms with E-state index in [1.807, 2.05) is 6.07 Å². The maximum atomic E-state index is 6.35. The first-order valence-electron chi connectivity index (χ1n) is 6.24. The highest BCUT2D eigenvalue weighted by Gasteiger charge is 2.16. The lowest BCUT2D eigenvalue weighted by Crippen LogP contribution is -2.44. The summed E-state index contributed by atoms with van der Waals surface area (Å²) < 4.78 is 0. The molecule has 0 spiro atoms. The second-order valence-electron chi connectivity index (χ2n) is 4.70. The zero-order valence-corrected chi connectivity index (χ0v) is 11.5. The van der Waals surface area contributed by atoms with Crippen molar-refractivity contribution in [3.8, 4) is 0 Å². The summed E-state index contributed by atoms with van der Waals surface area (Å²) in [5, 5.41) is 0.814. The van der Waals surface area contributed by atoms with Crippen LogP contribution in [0.25, 0.3) is 0 Å². The molecule has 5 heteroatoms. The van der Waals surface area contributed by atoms with Gasteiger partial charge in [-0.25, -0.2) is 5.90 Å². The standard InChI is InChI=1S/C13H20ClN3O/c1-16-5-7-17(8-6-16)13-3-2-11(4-9-18-15)10-12(13)14/h2-3,10H,4-9,15H2,1H3. The van der Waals surface area contributed by atoms with Crippen LogP contribution >= 0.6 is 11.6 Å². The van der Waals surface area contributed by atoms with E-state index < -0.39 is 0 Å². The van der Waals surface area contributed by atoms with Gasteiger partial charge in [0.05, 0.1) is 17.3 Å². The zero-order chi connectivity index (χ0) is 13.0. The van der Waals surface area contributed by atoms with Crippen molar-refractivity contribution in [3.63, 3.8) is 0 Å². The van der Waals surface area contributed by atoms with Crippen molar-refractivity contribution in [1.29, 1.82) is 0 Å². The highest BCUT2D eigenvalue weighted by molar-refractivity contribution is 6.33. The molecule has 1 heterocycles. The van der Waals surface area contributed by atoms with E-state index in [2.05, 4.69) is 33.8 Å². The van der Waals surface area contributed by atoms with Gasteiger partial charge in [0.1, 0.15) is 0 Å². The molecule has 0 bridgehead atoms. The number of piperazine rings is 1. The summed E-state index contributed by atoms with van der Waals surface area (Å²) in [5.41, 5.74) is 2.28. The van der Waals surface area contributed by atoms with E-state index in [1.165, 1.54) is 0 Å². The predicted molar refractivity (Wildman–Crippen MR) is 75.0 cm³/mol. The fraction of sp³-hybridized carbons (Fsp3) is 0.538. The number of anilines is 1. The van der Waals surface area contributed by atoms with E-state index in [0.29, 0.717) is 6.61 Å². The van der Waals surface area contributed by atoms with Crippen LogP contribution in [-0.2, 0) is 11.3 Å². The topological polar surface area (TPSA) is 41.7 Å². The Hall–Kier alpha value is -0.810. The number of halogens is 1. The first-order valence-corrected chi connectivity index (χ1v) is 6.62. The van der Waals surface area contributed by atoms with Gasteiger partial charge < -0.3 is 14.6 Å². The number of nitrogens with two attached hydrogens (primary N) is 1. The molecule has 0 aromatic heterocycles. The third kappa shape index (κ3) is 3.36. The molecule has 18 heavy (non-hydrogen) atoms. The summed E-state index contributed by atoms with van der Waals surface area (Å²) in [5.74, 6) is 5.03. The molecule has 1 aliphatic heterocycles. The first kappa shape index (κ1) is 13.6. The van der Waals surface area contributed by atoms with Gasteiger partial charge >= 0.3 is 0 Å². The van der Waals surface area contributed by atoms with E-state index in [0.717, 1.165) is 48.9 Å². The third-order valence-corrected chi connectivity index (χ3v) is 3.67. The van der Waals surface area contributed by atoms with Crippen LogP contribution in [-0.4, -0.2) is 44.7 Å². The lowest BCUT2D eigenvalue weighted by Gasteiger charge is -2.34. The number of rotatable bonds is 4. The second kappa shape index (κ2) is 6.38. The van der Waals surface area contributed by atoms with Gasteiger partial charge in [0.2, 0.25) is 0 Å². The fourth-order valence-electron chi connectivity index (χ4n) is 2.19. The Balaban J connectivity index is 2.05. The molecule has 2 rings (SSSR count). The summed E-state index contributed by atoms with van der Waals surface area (Å²) in [6, 6.07) is 6.20. The Morgan fingerprint density at radius 2 is 2.00 bits per heavy atom. The molecule has 1 aromatic carbocycles. The average molecular weight is 270 g/mol. The van der Waals surface area contributed by atoms with Crippen LogP contribution in [0, 0.1) is 0 Å². The first-order chi connectivity index (χ1) is 8.70. The predicted octanol–water partition coefficient (Wildman–Crippen LogP) is 1.52. The molecule has 1 saturated heterocycles. The molecule has 0 saturated carbocycles. The highest BCUT2D eigenvalue weighted by Crippen LogP contribution is 2.27. The molecule has 2 N–H and O–H groups in total. The number of hydrogen-bond acceptors (Lipinski definition) is 4. The molecule has 1 aromatic rings. The number of nitrogens with zero attached hydrogens (tertiary/aromatic N) is 2. The molecule has 0 atom stereocenters. The van der Waals surface area contributed by atoms with Gasteiger partial charge in [0, 0.05) is 26.2 Å². The van der Waals surface area contributed by atoms with Gasteiger partial charge in [-0.2, -0.15) is 0 Å². The minimum atomic E-state index is 0.518. The smallest absolute Gasteiger partial charge is 0.0719 e. The summed E-state index contributed by atoms with van der Waals surface area (Å²) >= 11 is 6.35. The van der Waals surface area contributed by atoms with E-state index in [-0.39, 0.29) is 0 Å². The summed E-state index contributed by atoms with van der Waals surface area (Å²) in [7, 11) is 2.15. The zero-order valence-electron chi connectivity index (χ0n) is 10.7. The summed E-state index contributed by atoms with van der Waals surface area (Å²) in [6.45, 7) is 4.74. The Bertz CT molecular complexity index is 392. The maximum absolute atomic E-state index is 6.35. The molecule has 4 nitrogen and oxygen atoms in total. The lowest BCUT2D eigenvalue weighted by molar-refractivity contribution is 0.141. The molecule has 1 aliphatic rings. The van der Waals surface area contributed by atoms with Crippen molar-refractivity contribution >= 4 is 17.3 Å². The third-order valence-electron chi connectivity index (χ3n) is 3.36. The van der Waals surface area contributed by atoms with Crippen LogP contribution in [0.5, 0.6) is 0 Å². The monoisotopic (exact) mass is 269 g/mol. The molecule has 0 unspecified atom stereocenters. The molecule has 0 aliphatic carbocycles. The Labute approximate surface area is 113 Å². The number of likely N-dealkylation sites (N-methyl/N-ethyl adjacent to an activating group) is 1. The molecule has 0 amide bonds. The van der Waals surface area contributed by atoms with Crippen LogP contribution in [0.1, 0.15) is 5.56 Å². The van der Waals surface area contributed by atoms with Crippen molar-refractivity contribution in [2.24, 2.45) is 5.90 Å². The minimum absolute atomic E-state index is 0.518. The molecule has 0 radical (unpaired) electrons. The summed E-state index contributed by atoms with van der Waals surface area (Å²) in [6.07, 6.45) is 0.791. The SMILES string of the molecule is CN1CCN(c2ccc(CCON)cc2Cl)CC1. The largest absolute Gasteiger partial charge is 0.368 e. The average Bonchev–Trinajstić information content (AvgIpc) is 2.38. The van der Waals surface area contributed by atoms with Crippen molar-refractivity contribution < 1.29 is 4.84 Å². The van der Waals surface area contributed by atoms with Crippen LogP contribution in [0.4, 0.5) is 5.69 Å². The van der Waals surface area contributed by atoms with Crippen LogP contribution in [0.2, 0.25) is 5.02 Å². The van der Waals surface area contributed by atoms with E-state index in [9.17, 15) is 0 Å². The molecular formula is C13H20ClN3O. The Kier molecular flexibility index (Phi) is 4.83. The van der Waals surface area contributed by atoms with Crippen LogP contribution < -0.4 is 10.8 Å². The van der Waals surface area contributed by atoms with Crippen LogP contribution in [0.3, 0.4) is 0 Å². The van der Waals surface area contributed by atoms with E-state index in [4.69, 9.17) is 17.5 Å². The van der Waals surface area contributed by atoms with Gasteiger partial charge in [-0.1, -0.05) is 17.7 Å². The van der Waals surface area contributed by atoms with Crippen molar-refractivity contribution in [2.45, 2.75) is 6.42 Å². The van der Waals surface area contributed by atoms with Gasteiger partial charge in [-0.15, -0.1) is 0 Å². The fourth-order valence-corrected chi connectivity index (χ4v) is 2.51. The van der Waals surface area contributed by atoms with Crippen LogP contribution in [0.15, 0.2) is 18.2 Å². The maximum Gasteiger partial charge on any atom is 0.0719 e. The number of hydrogen-bond donors (Lipinski definition) is 1. The normalized spacial score (nSPS) is 17.2. The van der Waals surface area contributed by atoms with Gasteiger partial charge in [0.25, 0.3) is 0 Å². The van der Waals surface area contributed by atoms with Crippen molar-refractivity contribution in [1.82, 2.24) is 4.90 Å². The molecule has 100 valence electrons.